The fourth-order valence-corrected chi connectivity index (χ4v) is 5.73. The van der Waals surface area contributed by atoms with Gasteiger partial charge in [-0.1, -0.05) is 48.0 Å². The average Bonchev–Trinajstić information content (AvgIpc) is 2.88. The van der Waals surface area contributed by atoms with E-state index in [9.17, 15) is 8.42 Å². The molecule has 1 aromatic heterocycles. The van der Waals surface area contributed by atoms with Crippen molar-refractivity contribution in [2.75, 3.05) is 24.1 Å². The molecule has 190 valence electrons. The van der Waals surface area contributed by atoms with Crippen LogP contribution in [0.15, 0.2) is 59.8 Å². The molecule has 0 aliphatic heterocycles. The molecule has 0 atom stereocenters. The fraction of sp³-hybridized carbons (Fsp3) is 0.333. The third kappa shape index (κ3) is 6.43. The van der Waals surface area contributed by atoms with Gasteiger partial charge in [0.25, 0.3) is 10.0 Å². The van der Waals surface area contributed by atoms with Crippen molar-refractivity contribution in [2.24, 2.45) is 0 Å². The molecule has 1 aliphatic rings. The zero-order valence-electron chi connectivity index (χ0n) is 20.8. The number of hydrogen-bond acceptors (Lipinski definition) is 6. The van der Waals surface area contributed by atoms with E-state index in [0.29, 0.717) is 28.7 Å². The molecule has 4 rings (SSSR count). The zero-order valence-corrected chi connectivity index (χ0v) is 22.4. The molecule has 1 fully saturated rings. The van der Waals surface area contributed by atoms with Crippen molar-refractivity contribution in [2.45, 2.75) is 49.6 Å². The summed E-state index contributed by atoms with van der Waals surface area (Å²) >= 11 is 6.52. The highest BCUT2D eigenvalue weighted by Gasteiger charge is 2.22. The first kappa shape index (κ1) is 26.1. The number of benzene rings is 2. The van der Waals surface area contributed by atoms with E-state index in [-0.39, 0.29) is 4.90 Å². The van der Waals surface area contributed by atoms with Crippen molar-refractivity contribution in [1.82, 2.24) is 14.9 Å². The van der Waals surface area contributed by atoms with E-state index in [1.807, 2.05) is 25.1 Å². The van der Waals surface area contributed by atoms with Crippen LogP contribution in [0.3, 0.4) is 0 Å². The van der Waals surface area contributed by atoms with Crippen LogP contribution >= 0.6 is 11.6 Å². The summed E-state index contributed by atoms with van der Waals surface area (Å²) in [6.45, 7) is 1.86. The topological polar surface area (TPSA) is 87.2 Å². The molecule has 1 saturated carbocycles. The van der Waals surface area contributed by atoms with E-state index in [1.165, 1.54) is 12.8 Å². The first-order valence-electron chi connectivity index (χ1n) is 12.0. The van der Waals surface area contributed by atoms with Crippen LogP contribution in [0.4, 0.5) is 11.6 Å². The standard InChI is InChI=1S/C27H32ClN5O2S/c1-19-21(11-16-25(26(19)28)32-36(34,35)24-7-5-4-6-8-24)10-9-20-17-29-27(30-18-20)31-22-12-14-23(15-13-22)33(2)3/h4-11,16-18,22-23,32H,12-15H2,1-3H3,(H,29,30,31)/b10-9+. The number of sulfonamides is 1. The molecule has 0 bridgehead atoms. The van der Waals surface area contributed by atoms with Crippen molar-refractivity contribution >= 4 is 45.4 Å². The van der Waals surface area contributed by atoms with E-state index in [1.54, 1.807) is 48.8 Å². The van der Waals surface area contributed by atoms with Gasteiger partial charge in [-0.3, -0.25) is 4.72 Å². The van der Waals surface area contributed by atoms with Crippen molar-refractivity contribution in [1.29, 1.82) is 0 Å². The molecule has 3 aromatic rings. The molecule has 2 N–H and O–H groups in total. The Morgan fingerprint density at radius 3 is 2.28 bits per heavy atom. The summed E-state index contributed by atoms with van der Waals surface area (Å²) < 4.78 is 27.9. The van der Waals surface area contributed by atoms with E-state index in [0.717, 1.165) is 29.5 Å². The number of aromatic nitrogens is 2. The molecule has 36 heavy (non-hydrogen) atoms. The van der Waals surface area contributed by atoms with Gasteiger partial charge in [-0.25, -0.2) is 18.4 Å². The Morgan fingerprint density at radius 2 is 1.64 bits per heavy atom. The van der Waals surface area contributed by atoms with Gasteiger partial charge >= 0.3 is 0 Å². The molecule has 0 amide bonds. The highest BCUT2D eigenvalue weighted by atomic mass is 35.5. The number of hydrogen-bond donors (Lipinski definition) is 2. The number of rotatable bonds is 8. The summed E-state index contributed by atoms with van der Waals surface area (Å²) in [7, 11) is 0.568. The Labute approximate surface area is 218 Å². The minimum Gasteiger partial charge on any atom is -0.351 e. The van der Waals surface area contributed by atoms with Crippen molar-refractivity contribution in [3.8, 4) is 0 Å². The first-order valence-corrected chi connectivity index (χ1v) is 13.9. The SMILES string of the molecule is Cc1c(/C=C/c2cnc(NC3CCC(N(C)C)CC3)nc2)ccc(NS(=O)(=O)c2ccccc2)c1Cl. The molecule has 9 heteroatoms. The second-order valence-electron chi connectivity index (χ2n) is 9.35. The van der Waals surface area contributed by atoms with E-state index < -0.39 is 10.0 Å². The molecule has 2 aromatic carbocycles. The second-order valence-corrected chi connectivity index (χ2v) is 11.4. The number of anilines is 2. The van der Waals surface area contributed by atoms with Gasteiger partial charge in [-0.05, 0) is 76.0 Å². The van der Waals surface area contributed by atoms with Gasteiger partial charge in [0.1, 0.15) is 0 Å². The van der Waals surface area contributed by atoms with Crippen molar-refractivity contribution < 1.29 is 8.42 Å². The summed E-state index contributed by atoms with van der Waals surface area (Å²) in [6.07, 6.45) is 12.0. The fourth-order valence-electron chi connectivity index (χ4n) is 4.37. The molecular weight excluding hydrogens is 494 g/mol. The van der Waals surface area contributed by atoms with Gasteiger partial charge in [-0.2, -0.15) is 0 Å². The second kappa shape index (κ2) is 11.4. The highest BCUT2D eigenvalue weighted by Crippen LogP contribution is 2.31. The van der Waals surface area contributed by atoms with Crippen molar-refractivity contribution in [3.05, 3.63) is 76.6 Å². The molecular formula is C27H32ClN5O2S. The van der Waals surface area contributed by atoms with Gasteiger partial charge in [0.05, 0.1) is 15.6 Å². The average molecular weight is 526 g/mol. The third-order valence-electron chi connectivity index (χ3n) is 6.61. The maximum Gasteiger partial charge on any atom is 0.261 e. The lowest BCUT2D eigenvalue weighted by molar-refractivity contribution is 0.221. The highest BCUT2D eigenvalue weighted by molar-refractivity contribution is 7.92. The number of halogens is 1. The quantitative estimate of drug-likeness (QED) is 0.392. The first-order chi connectivity index (χ1) is 17.2. The van der Waals surface area contributed by atoms with Crippen LogP contribution in [0, 0.1) is 6.92 Å². The van der Waals surface area contributed by atoms with Crippen LogP contribution in [0.1, 0.15) is 42.4 Å². The summed E-state index contributed by atoms with van der Waals surface area (Å²) in [5.74, 6) is 0.648. The van der Waals surface area contributed by atoms with E-state index >= 15 is 0 Å². The van der Waals surface area contributed by atoms with Crippen LogP contribution < -0.4 is 10.0 Å². The maximum atomic E-state index is 12.7. The lowest BCUT2D eigenvalue weighted by atomic mass is 9.91. The minimum absolute atomic E-state index is 0.182. The maximum absolute atomic E-state index is 12.7. The normalized spacial score (nSPS) is 18.5. The van der Waals surface area contributed by atoms with Crippen LogP contribution in [0.2, 0.25) is 5.02 Å². The smallest absolute Gasteiger partial charge is 0.261 e. The number of nitrogens with one attached hydrogen (secondary N) is 2. The van der Waals surface area contributed by atoms with Gasteiger partial charge in [-0.15, -0.1) is 0 Å². The van der Waals surface area contributed by atoms with Gasteiger partial charge in [0.2, 0.25) is 5.95 Å². The lowest BCUT2D eigenvalue weighted by Crippen LogP contribution is -2.36. The van der Waals surface area contributed by atoms with Crippen LogP contribution in [-0.2, 0) is 10.0 Å². The minimum atomic E-state index is -3.72. The largest absolute Gasteiger partial charge is 0.351 e. The van der Waals surface area contributed by atoms with Crippen LogP contribution in [0.25, 0.3) is 12.2 Å². The molecule has 0 spiro atoms. The van der Waals surface area contributed by atoms with Gasteiger partial charge < -0.3 is 10.2 Å². The van der Waals surface area contributed by atoms with Crippen LogP contribution in [0.5, 0.6) is 0 Å². The van der Waals surface area contributed by atoms with E-state index in [4.69, 9.17) is 11.6 Å². The molecule has 7 nitrogen and oxygen atoms in total. The molecule has 0 saturated heterocycles. The summed E-state index contributed by atoms with van der Waals surface area (Å²) in [5, 5.41) is 3.81. The van der Waals surface area contributed by atoms with Crippen molar-refractivity contribution in [3.63, 3.8) is 0 Å². The Bertz CT molecular complexity index is 1300. The zero-order chi connectivity index (χ0) is 25.7. The molecule has 0 unspecified atom stereocenters. The lowest BCUT2D eigenvalue weighted by Gasteiger charge is -2.32. The summed E-state index contributed by atoms with van der Waals surface area (Å²) in [6, 6.07) is 12.8. The molecule has 1 aliphatic carbocycles. The van der Waals surface area contributed by atoms with Crippen LogP contribution in [-0.4, -0.2) is 49.5 Å². The summed E-state index contributed by atoms with van der Waals surface area (Å²) in [4.78, 5) is 11.4. The van der Waals surface area contributed by atoms with Gasteiger partial charge in [0, 0.05) is 30.0 Å². The Hall–Kier alpha value is -2.94. The predicted octanol–water partition coefficient (Wildman–Crippen LogP) is 5.69. The van der Waals surface area contributed by atoms with E-state index in [2.05, 4.69) is 39.0 Å². The Kier molecular flexibility index (Phi) is 8.28. The monoisotopic (exact) mass is 525 g/mol. The predicted molar refractivity (Wildman–Crippen MR) is 148 cm³/mol. The number of nitrogens with zero attached hydrogens (tertiary/aromatic N) is 3. The third-order valence-corrected chi connectivity index (χ3v) is 8.48. The molecule has 0 radical (unpaired) electrons. The summed E-state index contributed by atoms with van der Waals surface area (Å²) in [5.41, 5.74) is 2.85. The molecule has 1 heterocycles. The van der Waals surface area contributed by atoms with Gasteiger partial charge in [0.15, 0.2) is 0 Å². The Morgan fingerprint density at radius 1 is 0.972 bits per heavy atom. The Balaban J connectivity index is 1.39.